The fourth-order valence-corrected chi connectivity index (χ4v) is 2.41. The Balaban J connectivity index is 2.01. The van der Waals surface area contributed by atoms with Crippen molar-refractivity contribution in [1.82, 2.24) is 20.2 Å². The second kappa shape index (κ2) is 9.59. The van der Waals surface area contributed by atoms with Gasteiger partial charge in [-0.15, -0.1) is 5.10 Å². The number of tetrazole rings is 1. The number of hydrogen-bond acceptors (Lipinski definition) is 8. The lowest BCUT2D eigenvalue weighted by molar-refractivity contribution is -0.144. The van der Waals surface area contributed by atoms with Crippen molar-refractivity contribution in [2.75, 3.05) is 21.3 Å². The molecule has 0 N–H and O–H groups in total. The van der Waals surface area contributed by atoms with E-state index < -0.39 is 5.97 Å². The molecule has 1 heterocycles. The van der Waals surface area contributed by atoms with Crippen molar-refractivity contribution < 1.29 is 23.7 Å². The van der Waals surface area contributed by atoms with Crippen LogP contribution >= 0.6 is 0 Å². The van der Waals surface area contributed by atoms with E-state index >= 15 is 0 Å². The number of methoxy groups -OCH3 is 3. The smallest absolute Gasteiger partial charge is 0.310 e. The molecule has 0 aliphatic rings. The number of rotatable bonds is 10. The molecule has 0 atom stereocenters. The Morgan fingerprint density at radius 3 is 2.38 bits per heavy atom. The molecular weight excluding hydrogens is 340 g/mol. The van der Waals surface area contributed by atoms with Crippen LogP contribution in [-0.2, 0) is 29.1 Å². The highest BCUT2D eigenvalue weighted by molar-refractivity contribution is 5.73. The van der Waals surface area contributed by atoms with Gasteiger partial charge in [-0.05, 0) is 34.5 Å². The molecule has 2 aromatic rings. The van der Waals surface area contributed by atoms with Gasteiger partial charge in [-0.2, -0.15) is 0 Å². The summed E-state index contributed by atoms with van der Waals surface area (Å²) in [5, 5.41) is 11.4. The Kier molecular flexibility index (Phi) is 7.19. The highest BCUT2D eigenvalue weighted by Crippen LogP contribution is 2.38. The van der Waals surface area contributed by atoms with Crippen LogP contribution in [0.5, 0.6) is 17.2 Å². The van der Waals surface area contributed by atoms with Crippen molar-refractivity contribution in [2.45, 2.75) is 39.3 Å². The van der Waals surface area contributed by atoms with Crippen LogP contribution in [0.15, 0.2) is 12.1 Å². The Morgan fingerprint density at radius 2 is 1.81 bits per heavy atom. The summed E-state index contributed by atoms with van der Waals surface area (Å²) in [6, 6.07) is 3.43. The van der Waals surface area contributed by atoms with Gasteiger partial charge in [-0.3, -0.25) is 4.79 Å². The Hall–Kier alpha value is -2.84. The summed E-state index contributed by atoms with van der Waals surface area (Å²) in [5.74, 6) is 1.57. The maximum atomic E-state index is 12.2. The van der Waals surface area contributed by atoms with E-state index in [0.717, 1.165) is 12.8 Å². The van der Waals surface area contributed by atoms with Crippen molar-refractivity contribution in [1.29, 1.82) is 0 Å². The molecule has 0 fully saturated rings. The minimum atomic E-state index is -0.399. The minimum absolute atomic E-state index is 0.0278. The number of benzene rings is 1. The number of esters is 1. The molecule has 0 aliphatic heterocycles. The zero-order valence-electron chi connectivity index (χ0n) is 15.5. The Labute approximate surface area is 152 Å². The summed E-state index contributed by atoms with van der Waals surface area (Å²) in [4.78, 5) is 12.2. The molecule has 2 rings (SSSR count). The van der Waals surface area contributed by atoms with Crippen molar-refractivity contribution in [3.05, 3.63) is 23.5 Å². The molecule has 9 nitrogen and oxygen atoms in total. The third-order valence-electron chi connectivity index (χ3n) is 3.76. The third-order valence-corrected chi connectivity index (χ3v) is 3.76. The van der Waals surface area contributed by atoms with E-state index in [1.165, 1.54) is 21.3 Å². The lowest BCUT2D eigenvalue weighted by Gasteiger charge is -2.14. The van der Waals surface area contributed by atoms with E-state index in [0.29, 0.717) is 35.2 Å². The molecule has 0 bridgehead atoms. The average molecular weight is 364 g/mol. The SMILES string of the molecule is CCCCn1nnnc1COC(=O)Cc1cc(OC)c(OC)c(OC)c1. The average Bonchev–Trinajstić information content (AvgIpc) is 3.11. The van der Waals surface area contributed by atoms with E-state index in [1.54, 1.807) is 16.8 Å². The van der Waals surface area contributed by atoms with Crippen LogP contribution in [0, 0.1) is 0 Å². The summed E-state index contributed by atoms with van der Waals surface area (Å²) in [6.07, 6.45) is 2.05. The lowest BCUT2D eigenvalue weighted by atomic mass is 10.1. The normalized spacial score (nSPS) is 10.5. The quantitative estimate of drug-likeness (QED) is 0.589. The monoisotopic (exact) mass is 364 g/mol. The molecule has 142 valence electrons. The van der Waals surface area contributed by atoms with Gasteiger partial charge in [-0.1, -0.05) is 13.3 Å². The second-order valence-electron chi connectivity index (χ2n) is 5.54. The molecule has 0 amide bonds. The molecule has 0 radical (unpaired) electrons. The van der Waals surface area contributed by atoms with Gasteiger partial charge >= 0.3 is 5.97 Å². The Bertz CT molecular complexity index is 707. The fraction of sp³-hybridized carbons (Fsp3) is 0.529. The number of carbonyl (C=O) groups is 1. The highest BCUT2D eigenvalue weighted by Gasteiger charge is 2.16. The van der Waals surface area contributed by atoms with Gasteiger partial charge in [0.2, 0.25) is 5.75 Å². The third kappa shape index (κ3) is 4.84. The molecular formula is C17H24N4O5. The largest absolute Gasteiger partial charge is 0.493 e. The van der Waals surface area contributed by atoms with Gasteiger partial charge in [0, 0.05) is 6.54 Å². The summed E-state index contributed by atoms with van der Waals surface area (Å²) >= 11 is 0. The molecule has 9 heteroatoms. The van der Waals surface area contributed by atoms with Crippen LogP contribution in [0.25, 0.3) is 0 Å². The summed E-state index contributed by atoms with van der Waals surface area (Å²) < 4.78 is 22.8. The maximum absolute atomic E-state index is 12.2. The number of nitrogens with zero attached hydrogens (tertiary/aromatic N) is 4. The molecule has 1 aromatic carbocycles. The van der Waals surface area contributed by atoms with Crippen LogP contribution in [0.3, 0.4) is 0 Å². The van der Waals surface area contributed by atoms with Crippen LogP contribution in [0.4, 0.5) is 0 Å². The van der Waals surface area contributed by atoms with E-state index in [4.69, 9.17) is 18.9 Å². The summed E-state index contributed by atoms with van der Waals surface area (Å²) in [5.41, 5.74) is 0.690. The van der Waals surface area contributed by atoms with Crippen LogP contribution in [-0.4, -0.2) is 47.5 Å². The number of aryl methyl sites for hydroxylation is 1. The first kappa shape index (κ1) is 19.5. The van der Waals surface area contributed by atoms with Crippen molar-refractivity contribution in [3.8, 4) is 17.2 Å². The predicted octanol–water partition coefficient (Wildman–Crippen LogP) is 1.78. The maximum Gasteiger partial charge on any atom is 0.310 e. The van der Waals surface area contributed by atoms with Crippen molar-refractivity contribution >= 4 is 5.97 Å². The van der Waals surface area contributed by atoms with E-state index in [-0.39, 0.29) is 13.0 Å². The van der Waals surface area contributed by atoms with Crippen molar-refractivity contribution in [2.24, 2.45) is 0 Å². The number of unbranched alkanes of at least 4 members (excludes halogenated alkanes) is 1. The fourth-order valence-electron chi connectivity index (χ4n) is 2.41. The number of ether oxygens (including phenoxy) is 4. The first-order chi connectivity index (χ1) is 12.6. The minimum Gasteiger partial charge on any atom is -0.493 e. The zero-order chi connectivity index (χ0) is 18.9. The van der Waals surface area contributed by atoms with E-state index in [2.05, 4.69) is 22.4 Å². The molecule has 0 saturated heterocycles. The van der Waals surface area contributed by atoms with Crippen molar-refractivity contribution in [3.63, 3.8) is 0 Å². The van der Waals surface area contributed by atoms with E-state index in [9.17, 15) is 4.79 Å². The van der Waals surface area contributed by atoms with Gasteiger partial charge in [-0.25, -0.2) is 4.68 Å². The molecule has 0 aliphatic carbocycles. The van der Waals surface area contributed by atoms with E-state index in [1.807, 2.05) is 0 Å². The van der Waals surface area contributed by atoms with Gasteiger partial charge in [0.15, 0.2) is 23.9 Å². The first-order valence-corrected chi connectivity index (χ1v) is 8.32. The van der Waals surface area contributed by atoms with Gasteiger partial charge in [0.25, 0.3) is 0 Å². The highest BCUT2D eigenvalue weighted by atomic mass is 16.5. The number of carbonyl (C=O) groups excluding carboxylic acids is 1. The number of aromatic nitrogens is 4. The molecule has 0 saturated carbocycles. The molecule has 26 heavy (non-hydrogen) atoms. The Morgan fingerprint density at radius 1 is 1.12 bits per heavy atom. The summed E-state index contributed by atoms with van der Waals surface area (Å²) in [6.45, 7) is 2.81. The predicted molar refractivity (Wildman–Crippen MR) is 92.3 cm³/mol. The first-order valence-electron chi connectivity index (χ1n) is 8.32. The molecule has 0 spiro atoms. The molecule has 1 aromatic heterocycles. The lowest BCUT2D eigenvalue weighted by Crippen LogP contribution is -2.12. The number of hydrogen-bond donors (Lipinski definition) is 0. The van der Waals surface area contributed by atoms with Crippen LogP contribution < -0.4 is 14.2 Å². The standard InChI is InChI=1S/C17H24N4O5/c1-5-6-7-21-15(18-19-20-21)11-26-16(22)10-12-8-13(23-2)17(25-4)14(9-12)24-3/h8-9H,5-7,10-11H2,1-4H3. The second-order valence-corrected chi connectivity index (χ2v) is 5.54. The van der Waals surface area contributed by atoms with Gasteiger partial charge in [0.1, 0.15) is 0 Å². The zero-order valence-corrected chi connectivity index (χ0v) is 15.5. The van der Waals surface area contributed by atoms with Crippen LogP contribution in [0.1, 0.15) is 31.2 Å². The molecule has 0 unspecified atom stereocenters. The topological polar surface area (TPSA) is 97.6 Å². The van der Waals surface area contributed by atoms with Gasteiger partial charge < -0.3 is 18.9 Å². The summed E-state index contributed by atoms with van der Waals surface area (Å²) in [7, 11) is 4.57. The van der Waals surface area contributed by atoms with Crippen LogP contribution in [0.2, 0.25) is 0 Å². The van der Waals surface area contributed by atoms with Gasteiger partial charge in [0.05, 0.1) is 27.8 Å².